The van der Waals surface area contributed by atoms with Crippen molar-refractivity contribution in [2.45, 2.75) is 46.5 Å². The number of carbonyl (C=O) groups excluding carboxylic acids is 1. The first-order chi connectivity index (χ1) is 12.7. The second-order valence-electron chi connectivity index (χ2n) is 7.27. The molecule has 0 radical (unpaired) electrons. The highest BCUT2D eigenvalue weighted by molar-refractivity contribution is 6.02. The van der Waals surface area contributed by atoms with E-state index < -0.39 is 0 Å². The van der Waals surface area contributed by atoms with Gasteiger partial charge in [0, 0.05) is 31.6 Å². The Morgan fingerprint density at radius 3 is 2.50 bits per heavy atom. The number of para-hydroxylation sites is 1. The smallest absolute Gasteiger partial charge is 0.257 e. The summed E-state index contributed by atoms with van der Waals surface area (Å²) in [4.78, 5) is 22.6. The largest absolute Gasteiger partial charge is 0.356 e. The van der Waals surface area contributed by atoms with Gasteiger partial charge in [0.1, 0.15) is 5.82 Å². The molecule has 4 nitrogen and oxygen atoms in total. The Morgan fingerprint density at radius 2 is 1.85 bits per heavy atom. The van der Waals surface area contributed by atoms with Gasteiger partial charge in [-0.3, -0.25) is 4.79 Å². The monoisotopic (exact) mass is 353 g/mol. The van der Waals surface area contributed by atoms with Gasteiger partial charge in [0.05, 0.1) is 11.1 Å². The van der Waals surface area contributed by atoms with E-state index in [9.17, 15) is 4.79 Å². The van der Waals surface area contributed by atoms with Crippen molar-refractivity contribution >= 4 is 22.6 Å². The lowest BCUT2D eigenvalue weighted by molar-refractivity contribution is 0.0735. The third kappa shape index (κ3) is 3.84. The predicted octanol–water partition coefficient (Wildman–Crippen LogP) is 4.73. The minimum absolute atomic E-state index is 0.125. The maximum atomic E-state index is 13.4. The van der Waals surface area contributed by atoms with Crippen LogP contribution in [0.1, 0.15) is 56.8 Å². The Balaban J connectivity index is 2.00. The lowest BCUT2D eigenvalue weighted by Gasteiger charge is -2.28. The molecule has 1 aliphatic heterocycles. The molecule has 140 valence electrons. The topological polar surface area (TPSA) is 36.4 Å². The first kappa shape index (κ1) is 18.7. The molecule has 1 amide bonds. The van der Waals surface area contributed by atoms with E-state index in [1.165, 1.54) is 12.8 Å². The molecule has 0 unspecified atom stereocenters. The minimum Gasteiger partial charge on any atom is -0.356 e. The molecule has 0 aliphatic carbocycles. The number of benzene rings is 1. The first-order valence-electron chi connectivity index (χ1n) is 10.1. The molecule has 0 N–H and O–H groups in total. The second kappa shape index (κ2) is 8.52. The molecule has 0 atom stereocenters. The van der Waals surface area contributed by atoms with E-state index >= 15 is 0 Å². The van der Waals surface area contributed by atoms with Crippen molar-refractivity contribution in [3.8, 4) is 0 Å². The number of carbonyl (C=O) groups is 1. The van der Waals surface area contributed by atoms with E-state index in [-0.39, 0.29) is 5.91 Å². The summed E-state index contributed by atoms with van der Waals surface area (Å²) < 4.78 is 0. The zero-order chi connectivity index (χ0) is 18.5. The highest BCUT2D eigenvalue weighted by Gasteiger charge is 2.25. The predicted molar refractivity (Wildman–Crippen MR) is 109 cm³/mol. The maximum absolute atomic E-state index is 13.4. The molecule has 1 aromatic heterocycles. The van der Waals surface area contributed by atoms with Crippen molar-refractivity contribution < 1.29 is 4.79 Å². The van der Waals surface area contributed by atoms with Crippen molar-refractivity contribution in [3.63, 3.8) is 0 Å². The second-order valence-corrected chi connectivity index (χ2v) is 7.27. The number of rotatable bonds is 7. The quantitative estimate of drug-likeness (QED) is 0.722. The number of hydrogen-bond acceptors (Lipinski definition) is 3. The Kier molecular flexibility index (Phi) is 6.12. The highest BCUT2D eigenvalue weighted by atomic mass is 16.2. The van der Waals surface area contributed by atoms with Crippen molar-refractivity contribution in [3.05, 3.63) is 35.9 Å². The number of fused-ring (bicyclic) bond motifs is 1. The van der Waals surface area contributed by atoms with Gasteiger partial charge in [-0.2, -0.15) is 0 Å². The molecule has 1 saturated heterocycles. The third-order valence-electron chi connectivity index (χ3n) is 5.64. The van der Waals surface area contributed by atoms with Gasteiger partial charge in [0.15, 0.2) is 0 Å². The number of anilines is 1. The van der Waals surface area contributed by atoms with Crippen molar-refractivity contribution in [2.75, 3.05) is 31.1 Å². The lowest BCUT2D eigenvalue weighted by atomic mass is 10.0. The molecule has 1 fully saturated rings. The Hall–Kier alpha value is -2.10. The molecular weight excluding hydrogens is 322 g/mol. The molecule has 0 bridgehead atoms. The van der Waals surface area contributed by atoms with E-state index in [1.54, 1.807) is 0 Å². The van der Waals surface area contributed by atoms with Crippen LogP contribution in [0.2, 0.25) is 0 Å². The molecule has 2 aromatic rings. The molecule has 26 heavy (non-hydrogen) atoms. The van der Waals surface area contributed by atoms with E-state index in [4.69, 9.17) is 4.98 Å². The third-order valence-corrected chi connectivity index (χ3v) is 5.64. The van der Waals surface area contributed by atoms with Crippen LogP contribution in [0.25, 0.3) is 10.9 Å². The van der Waals surface area contributed by atoms with Crippen LogP contribution < -0.4 is 4.90 Å². The van der Waals surface area contributed by atoms with Gasteiger partial charge in [0.25, 0.3) is 5.91 Å². The summed E-state index contributed by atoms with van der Waals surface area (Å²) in [5, 5.41) is 1.04. The summed E-state index contributed by atoms with van der Waals surface area (Å²) in [5.41, 5.74) is 1.73. The van der Waals surface area contributed by atoms with Crippen LogP contribution >= 0.6 is 0 Å². The average molecular weight is 354 g/mol. The summed E-state index contributed by atoms with van der Waals surface area (Å²) in [6.45, 7) is 10.0. The Bertz CT molecular complexity index is 748. The molecule has 0 saturated carbocycles. The lowest BCUT2D eigenvalue weighted by Crippen LogP contribution is -2.36. The fraction of sp³-hybridized carbons (Fsp3) is 0.545. The van der Waals surface area contributed by atoms with E-state index in [1.807, 2.05) is 35.2 Å². The van der Waals surface area contributed by atoms with Crippen molar-refractivity contribution in [1.82, 2.24) is 9.88 Å². The van der Waals surface area contributed by atoms with E-state index in [0.717, 1.165) is 61.3 Å². The molecule has 3 rings (SSSR count). The fourth-order valence-corrected chi connectivity index (χ4v) is 3.82. The van der Waals surface area contributed by atoms with Crippen LogP contribution in [-0.2, 0) is 0 Å². The summed E-state index contributed by atoms with van der Waals surface area (Å²) in [7, 11) is 0. The highest BCUT2D eigenvalue weighted by Crippen LogP contribution is 2.28. The standard InChI is InChI=1S/C22H31N3O/c1-4-17(5-2)16-24(6-3)22(26)19-15-18-11-7-8-12-20(18)23-21(19)25-13-9-10-14-25/h7-8,11-12,15,17H,4-6,9-10,13-14,16H2,1-3H3. The van der Waals surface area contributed by atoms with Crippen LogP contribution in [0.5, 0.6) is 0 Å². The molecule has 1 aliphatic rings. The molecule has 1 aromatic carbocycles. The molecule has 2 heterocycles. The summed E-state index contributed by atoms with van der Waals surface area (Å²) >= 11 is 0. The zero-order valence-electron chi connectivity index (χ0n) is 16.4. The van der Waals surface area contributed by atoms with Gasteiger partial charge < -0.3 is 9.80 Å². The van der Waals surface area contributed by atoms with Crippen molar-refractivity contribution in [1.29, 1.82) is 0 Å². The van der Waals surface area contributed by atoms with E-state index in [2.05, 4.69) is 25.7 Å². The van der Waals surface area contributed by atoms with Gasteiger partial charge in [-0.05, 0) is 37.8 Å². The minimum atomic E-state index is 0.125. The number of nitrogens with zero attached hydrogens (tertiary/aromatic N) is 3. The van der Waals surface area contributed by atoms with Crippen LogP contribution in [0, 0.1) is 5.92 Å². The zero-order valence-corrected chi connectivity index (χ0v) is 16.4. The SMILES string of the molecule is CCC(CC)CN(CC)C(=O)c1cc2ccccc2nc1N1CCCC1. The van der Waals surface area contributed by atoms with Gasteiger partial charge >= 0.3 is 0 Å². The summed E-state index contributed by atoms with van der Waals surface area (Å²) in [5.74, 6) is 1.55. The van der Waals surface area contributed by atoms with Crippen molar-refractivity contribution in [2.24, 2.45) is 5.92 Å². The van der Waals surface area contributed by atoms with Crippen LogP contribution in [0.3, 0.4) is 0 Å². The van der Waals surface area contributed by atoms with E-state index in [0.29, 0.717) is 5.92 Å². The maximum Gasteiger partial charge on any atom is 0.257 e. The number of pyridine rings is 1. The Morgan fingerprint density at radius 1 is 1.15 bits per heavy atom. The molecule has 0 spiro atoms. The van der Waals surface area contributed by atoms with Gasteiger partial charge in [0.2, 0.25) is 0 Å². The van der Waals surface area contributed by atoms with Crippen LogP contribution in [0.15, 0.2) is 30.3 Å². The number of amides is 1. The summed E-state index contributed by atoms with van der Waals surface area (Å²) in [6.07, 6.45) is 4.56. The normalized spacial score (nSPS) is 14.4. The Labute approximate surface area is 157 Å². The molecular formula is C22H31N3O. The number of aromatic nitrogens is 1. The summed E-state index contributed by atoms with van der Waals surface area (Å²) in [6, 6.07) is 10.1. The van der Waals surface area contributed by atoms with Gasteiger partial charge in [-0.15, -0.1) is 0 Å². The molecule has 4 heteroatoms. The first-order valence-corrected chi connectivity index (χ1v) is 10.1. The van der Waals surface area contributed by atoms with Crippen LogP contribution in [-0.4, -0.2) is 42.0 Å². The van der Waals surface area contributed by atoms with Crippen LogP contribution in [0.4, 0.5) is 5.82 Å². The van der Waals surface area contributed by atoms with Gasteiger partial charge in [-0.25, -0.2) is 4.98 Å². The fourth-order valence-electron chi connectivity index (χ4n) is 3.82. The van der Waals surface area contributed by atoms with Gasteiger partial charge in [-0.1, -0.05) is 44.9 Å². The average Bonchev–Trinajstić information content (AvgIpc) is 3.22. The number of hydrogen-bond donors (Lipinski definition) is 0.